The quantitative estimate of drug-likeness (QED) is 0.352. The summed E-state index contributed by atoms with van der Waals surface area (Å²) in [6.45, 7) is 2.16. The van der Waals surface area contributed by atoms with Crippen LogP contribution in [0.2, 0.25) is 0 Å². The highest BCUT2D eigenvalue weighted by molar-refractivity contribution is 5.91. The first-order valence-electron chi connectivity index (χ1n) is 12.3. The van der Waals surface area contributed by atoms with Crippen LogP contribution in [-0.2, 0) is 20.3 Å². The van der Waals surface area contributed by atoms with Crippen LogP contribution in [0.1, 0.15) is 55.8 Å². The lowest BCUT2D eigenvalue weighted by atomic mass is 9.38. The fourth-order valence-electron chi connectivity index (χ4n) is 7.22. The van der Waals surface area contributed by atoms with Crippen LogP contribution in [0.3, 0.4) is 0 Å². The molecule has 1 spiro atoms. The first-order valence-corrected chi connectivity index (χ1v) is 12.3. The number of carbonyl (C=O) groups is 2. The minimum atomic E-state index is -0.648. The lowest BCUT2D eigenvalue weighted by Gasteiger charge is -2.63. The number of esters is 2. The number of hydrogen-bond donors (Lipinski definition) is 0. The van der Waals surface area contributed by atoms with Crippen molar-refractivity contribution < 1.29 is 19.1 Å². The van der Waals surface area contributed by atoms with Crippen molar-refractivity contribution in [2.24, 2.45) is 0 Å². The van der Waals surface area contributed by atoms with Crippen LogP contribution in [0.5, 0.6) is 0 Å². The van der Waals surface area contributed by atoms with E-state index in [-0.39, 0.29) is 11.3 Å². The smallest absolute Gasteiger partial charge is 0.338 e. The van der Waals surface area contributed by atoms with E-state index in [4.69, 9.17) is 9.47 Å². The molecule has 0 saturated heterocycles. The van der Waals surface area contributed by atoms with Crippen LogP contribution in [0.4, 0.5) is 0 Å². The van der Waals surface area contributed by atoms with E-state index in [1.54, 1.807) is 24.3 Å². The molecule has 5 atom stereocenters. The van der Waals surface area contributed by atoms with Crippen molar-refractivity contribution in [3.05, 3.63) is 143 Å². The third kappa shape index (κ3) is 2.44. The third-order valence-corrected chi connectivity index (χ3v) is 8.61. The Morgan fingerprint density at radius 1 is 0.611 bits per heavy atom. The van der Waals surface area contributed by atoms with E-state index in [1.165, 1.54) is 11.1 Å². The Balaban J connectivity index is 1.38. The molecule has 4 nitrogen and oxygen atoms in total. The Morgan fingerprint density at radius 2 is 1.11 bits per heavy atom. The monoisotopic (exact) mass is 472 g/mol. The third-order valence-electron chi connectivity index (χ3n) is 8.61. The fourth-order valence-corrected chi connectivity index (χ4v) is 7.22. The van der Waals surface area contributed by atoms with Crippen LogP contribution in [0.15, 0.2) is 109 Å². The van der Waals surface area contributed by atoms with Crippen molar-refractivity contribution in [1.82, 2.24) is 0 Å². The average Bonchev–Trinajstić information content (AvgIpc) is 3.06. The van der Waals surface area contributed by atoms with Gasteiger partial charge in [0.15, 0.2) is 6.10 Å². The molecule has 3 unspecified atom stereocenters. The zero-order chi connectivity index (χ0) is 24.5. The van der Waals surface area contributed by atoms with Crippen molar-refractivity contribution >= 4 is 11.9 Å². The van der Waals surface area contributed by atoms with Gasteiger partial charge in [-0.05, 0) is 46.5 Å². The zero-order valence-electron chi connectivity index (χ0n) is 19.8. The lowest BCUT2D eigenvalue weighted by Crippen LogP contribution is -2.64. The van der Waals surface area contributed by atoms with Gasteiger partial charge in [0.1, 0.15) is 6.10 Å². The predicted molar refractivity (Wildman–Crippen MR) is 135 cm³/mol. The summed E-state index contributed by atoms with van der Waals surface area (Å²) in [5.74, 6) is -0.919. The maximum Gasteiger partial charge on any atom is 0.338 e. The van der Waals surface area contributed by atoms with E-state index in [2.05, 4.69) is 43.3 Å². The van der Waals surface area contributed by atoms with E-state index in [0.717, 1.165) is 11.1 Å². The molecule has 0 amide bonds. The molecule has 3 aliphatic rings. The van der Waals surface area contributed by atoms with Gasteiger partial charge in [-0.1, -0.05) is 91.9 Å². The molecule has 0 radical (unpaired) electrons. The van der Waals surface area contributed by atoms with Gasteiger partial charge in [-0.25, -0.2) is 9.59 Å². The van der Waals surface area contributed by atoms with Crippen molar-refractivity contribution in [2.75, 3.05) is 0 Å². The SMILES string of the molecule is C[C@@]12c3ccccc3[C@@]13c1ccccc1C3C(OC(=O)c1ccccc1)C2OC(=O)c1ccccc1. The van der Waals surface area contributed by atoms with Crippen molar-refractivity contribution in [3.8, 4) is 0 Å². The maximum absolute atomic E-state index is 13.4. The van der Waals surface area contributed by atoms with Crippen LogP contribution < -0.4 is 0 Å². The predicted octanol–water partition coefficient (Wildman–Crippen LogP) is 5.81. The second-order valence-corrected chi connectivity index (χ2v) is 10.0. The van der Waals surface area contributed by atoms with Crippen LogP contribution in [0, 0.1) is 0 Å². The lowest BCUT2D eigenvalue weighted by molar-refractivity contribution is -0.0438. The molecule has 4 aromatic rings. The minimum absolute atomic E-state index is 0.102. The van der Waals surface area contributed by atoms with Crippen molar-refractivity contribution in [1.29, 1.82) is 0 Å². The first-order chi connectivity index (χ1) is 17.6. The molecule has 0 bridgehead atoms. The van der Waals surface area contributed by atoms with Crippen LogP contribution in [0.25, 0.3) is 0 Å². The second kappa shape index (κ2) is 7.41. The van der Waals surface area contributed by atoms with Gasteiger partial charge >= 0.3 is 11.9 Å². The second-order valence-electron chi connectivity index (χ2n) is 10.0. The Kier molecular flexibility index (Phi) is 4.35. The van der Waals surface area contributed by atoms with Gasteiger partial charge in [0.25, 0.3) is 0 Å². The summed E-state index contributed by atoms with van der Waals surface area (Å²) < 4.78 is 12.6. The molecule has 1 fully saturated rings. The highest BCUT2D eigenvalue weighted by Crippen LogP contribution is 2.78. The summed E-state index contributed by atoms with van der Waals surface area (Å²) in [6, 6.07) is 34.7. The molecule has 0 aliphatic heterocycles. The van der Waals surface area contributed by atoms with Gasteiger partial charge < -0.3 is 9.47 Å². The van der Waals surface area contributed by atoms with Gasteiger partial charge in [0.2, 0.25) is 0 Å². The molecule has 4 aromatic carbocycles. The Morgan fingerprint density at radius 3 is 1.75 bits per heavy atom. The van der Waals surface area contributed by atoms with Gasteiger partial charge in [0.05, 0.1) is 11.1 Å². The number of fused-ring (bicyclic) bond motifs is 4. The van der Waals surface area contributed by atoms with E-state index in [9.17, 15) is 9.59 Å². The summed E-state index contributed by atoms with van der Waals surface area (Å²) in [5.41, 5.74) is 4.82. The number of rotatable bonds is 4. The fraction of sp³-hybridized carbons (Fsp3) is 0.188. The summed E-state index contributed by atoms with van der Waals surface area (Å²) in [7, 11) is 0. The van der Waals surface area contributed by atoms with Gasteiger partial charge in [-0.2, -0.15) is 0 Å². The van der Waals surface area contributed by atoms with E-state index in [0.29, 0.717) is 11.1 Å². The van der Waals surface area contributed by atoms with Gasteiger partial charge in [-0.15, -0.1) is 0 Å². The summed E-state index contributed by atoms with van der Waals surface area (Å²) >= 11 is 0. The molecule has 1 saturated carbocycles. The molecular weight excluding hydrogens is 448 g/mol. The molecule has 176 valence electrons. The number of benzene rings is 4. The number of carbonyl (C=O) groups excluding carboxylic acids is 2. The Labute approximate surface area is 209 Å². The summed E-state index contributed by atoms with van der Waals surface area (Å²) in [6.07, 6.45) is -1.28. The molecule has 4 heteroatoms. The largest absolute Gasteiger partial charge is 0.454 e. The molecule has 0 aromatic heterocycles. The molecule has 0 N–H and O–H groups in total. The maximum atomic E-state index is 13.4. The molecular formula is C32H24O4. The Hall–Kier alpha value is -4.18. The van der Waals surface area contributed by atoms with E-state index < -0.39 is 29.6 Å². The normalized spacial score (nSPS) is 28.3. The summed E-state index contributed by atoms with van der Waals surface area (Å²) in [5, 5.41) is 0. The molecule has 36 heavy (non-hydrogen) atoms. The van der Waals surface area contributed by atoms with E-state index >= 15 is 0 Å². The first kappa shape index (κ1) is 21.1. The Bertz CT molecular complexity index is 1510. The van der Waals surface area contributed by atoms with Gasteiger partial charge in [-0.3, -0.25) is 0 Å². The average molecular weight is 473 g/mol. The van der Waals surface area contributed by atoms with Crippen LogP contribution >= 0.6 is 0 Å². The standard InChI is InChI=1S/C32H24O4/c1-31-24-18-10-11-19-25(24)32(31)23-17-9-8-16-22(23)26(32)27(35-29(33)20-12-4-2-5-13-20)28(31)36-30(34)21-14-6-3-7-15-21/h2-19,26-28H,1H3/t26?,27?,28?,31-,32+/m0/s1. The van der Waals surface area contributed by atoms with E-state index in [1.807, 2.05) is 48.5 Å². The molecule has 7 rings (SSSR count). The highest BCUT2D eigenvalue weighted by atomic mass is 16.6. The topological polar surface area (TPSA) is 52.6 Å². The van der Waals surface area contributed by atoms with Crippen molar-refractivity contribution in [3.63, 3.8) is 0 Å². The highest BCUT2D eigenvalue weighted by Gasteiger charge is 2.82. The van der Waals surface area contributed by atoms with Crippen molar-refractivity contribution in [2.45, 2.75) is 35.9 Å². The van der Waals surface area contributed by atoms with Crippen LogP contribution in [-0.4, -0.2) is 24.1 Å². The zero-order valence-corrected chi connectivity index (χ0v) is 19.8. The number of ether oxygens (including phenoxy) is 2. The molecule has 3 aliphatic carbocycles. The minimum Gasteiger partial charge on any atom is -0.454 e. The number of hydrogen-bond acceptors (Lipinski definition) is 4. The van der Waals surface area contributed by atoms with Gasteiger partial charge in [0, 0.05) is 16.7 Å². The molecule has 0 heterocycles. The summed E-state index contributed by atoms with van der Waals surface area (Å²) in [4.78, 5) is 26.7.